The van der Waals surface area contributed by atoms with Crippen LogP contribution in [0.25, 0.3) is 10.8 Å². The number of benzene rings is 2. The number of unbranched alkanes of at least 4 members (excludes halogenated alkanes) is 2. The third kappa shape index (κ3) is 11.2. The number of hydrazine groups is 1. The van der Waals surface area contributed by atoms with Gasteiger partial charge in [-0.1, -0.05) is 72.6 Å². The quantitative estimate of drug-likeness (QED) is 0.0852. The lowest BCUT2D eigenvalue weighted by atomic mass is 9.78. The molecule has 0 radical (unpaired) electrons. The Morgan fingerprint density at radius 2 is 1.56 bits per heavy atom. The number of phenols is 2. The Labute approximate surface area is 376 Å². The summed E-state index contributed by atoms with van der Waals surface area (Å²) >= 11 is 0. The van der Waals surface area contributed by atoms with Gasteiger partial charge in [0.2, 0.25) is 0 Å². The number of methoxy groups -OCH3 is 1. The number of aliphatic hydroxyl groups excluding tert-OH is 2. The van der Waals surface area contributed by atoms with Crippen LogP contribution in [0.4, 0.5) is 5.69 Å². The number of Topliss-reactive ketones (excluding diaryl/α,β-unsaturated/α-hetero) is 1. The van der Waals surface area contributed by atoms with E-state index >= 15 is 0 Å². The molecule has 0 aromatic heterocycles. The van der Waals surface area contributed by atoms with Gasteiger partial charge in [0.25, 0.3) is 17.6 Å². The number of phenolic OH excluding ortho intramolecular Hbond substituents is 2. The monoisotopic (exact) mass is 895 g/mol. The summed E-state index contributed by atoms with van der Waals surface area (Å²) in [5, 5.41) is 52.3. The standard InChI is InChI=1S/C48H69N3O13/c1-13-15-21-51(22-16-14-2)50(11)36(53)25-61-35-24-33-43(57)38-37(35)39-45(31(8)42(38)56)64-48(10,46(39)58)62-23-20-34(60-12)28(5)44(63-32(9)52)30(7)41(55)29(6)40(54)26(3)18-17-19-27(4)47(59)49-33/h17-20,23-24,26,28-30,34,40-41,44,54-57H,13-16,21-22,25H2,1-12H3,(H,49,59)/b18-17-,23-20-,27-19-. The zero-order chi connectivity index (χ0) is 47.8. The summed E-state index contributed by atoms with van der Waals surface area (Å²) in [5.74, 6) is -8.10. The van der Waals surface area contributed by atoms with Gasteiger partial charge in [-0.05, 0) is 32.8 Å². The van der Waals surface area contributed by atoms with Crippen LogP contribution in [0.2, 0.25) is 0 Å². The first-order valence-electron chi connectivity index (χ1n) is 22.2. The maximum atomic E-state index is 14.6. The minimum Gasteiger partial charge on any atom is -0.507 e. The number of esters is 1. The number of amides is 2. The maximum absolute atomic E-state index is 14.6. The molecule has 3 heterocycles. The lowest BCUT2D eigenvalue weighted by Gasteiger charge is -2.38. The predicted molar refractivity (Wildman–Crippen MR) is 242 cm³/mol. The number of rotatable bonds is 12. The van der Waals surface area contributed by atoms with E-state index in [1.165, 1.54) is 64.3 Å². The van der Waals surface area contributed by atoms with E-state index in [0.717, 1.165) is 25.7 Å². The average Bonchev–Trinajstić information content (AvgIpc) is 3.53. The van der Waals surface area contributed by atoms with E-state index in [0.29, 0.717) is 13.1 Å². The van der Waals surface area contributed by atoms with Gasteiger partial charge < -0.3 is 49.4 Å². The molecule has 5 bridgehead atoms. The van der Waals surface area contributed by atoms with E-state index in [-0.39, 0.29) is 44.7 Å². The van der Waals surface area contributed by atoms with Gasteiger partial charge in [-0.15, -0.1) is 0 Å². The molecule has 16 nitrogen and oxygen atoms in total. The number of aliphatic hydroxyl groups is 2. The maximum Gasteiger partial charge on any atom is 0.312 e. The molecule has 2 amide bonds. The van der Waals surface area contributed by atoms with Crippen LogP contribution in [0, 0.1) is 30.6 Å². The van der Waals surface area contributed by atoms with Crippen molar-refractivity contribution in [3.05, 3.63) is 53.3 Å². The summed E-state index contributed by atoms with van der Waals surface area (Å²) in [5.41, 5.74) is -0.0137. The Morgan fingerprint density at radius 3 is 2.16 bits per heavy atom. The number of likely N-dealkylation sites (N-methyl/N-ethyl adjacent to an activating group) is 1. The number of carbonyl (C=O) groups excluding carboxylic acids is 4. The number of fused-ring (bicyclic) bond motifs is 14. The number of carbonyl (C=O) groups is 4. The number of allylic oxidation sites excluding steroid dienone is 2. The molecule has 5 N–H and O–H groups in total. The number of hydrogen-bond acceptors (Lipinski definition) is 14. The normalized spacial score (nSPS) is 28.5. The molecular weight excluding hydrogens is 827 g/mol. The molecule has 354 valence electrons. The van der Waals surface area contributed by atoms with Gasteiger partial charge in [-0.3, -0.25) is 24.2 Å². The number of nitrogens with zero attached hydrogens (tertiary/aromatic N) is 2. The second-order valence-electron chi connectivity index (χ2n) is 17.3. The van der Waals surface area contributed by atoms with Gasteiger partial charge in [-0.25, -0.2) is 5.01 Å². The first-order chi connectivity index (χ1) is 30.1. The molecule has 0 aliphatic carbocycles. The fourth-order valence-electron chi connectivity index (χ4n) is 8.23. The van der Waals surface area contributed by atoms with Crippen LogP contribution in [0.5, 0.6) is 23.0 Å². The second kappa shape index (κ2) is 22.2. The Morgan fingerprint density at radius 1 is 0.922 bits per heavy atom. The van der Waals surface area contributed by atoms with E-state index < -0.39 is 95.5 Å². The van der Waals surface area contributed by atoms with E-state index in [1.54, 1.807) is 46.9 Å². The summed E-state index contributed by atoms with van der Waals surface area (Å²) in [4.78, 5) is 54.5. The van der Waals surface area contributed by atoms with Gasteiger partial charge in [-0.2, -0.15) is 0 Å². The summed E-state index contributed by atoms with van der Waals surface area (Å²) in [6, 6.07) is 1.28. The summed E-state index contributed by atoms with van der Waals surface area (Å²) in [7, 11) is 3.10. The third-order valence-electron chi connectivity index (χ3n) is 12.5. The smallest absolute Gasteiger partial charge is 0.312 e. The molecule has 16 heteroatoms. The molecule has 0 saturated heterocycles. The van der Waals surface area contributed by atoms with Crippen LogP contribution >= 0.6 is 0 Å². The molecule has 3 aliphatic rings. The van der Waals surface area contributed by atoms with Crippen molar-refractivity contribution < 1.29 is 63.3 Å². The highest BCUT2D eigenvalue weighted by atomic mass is 16.7. The van der Waals surface area contributed by atoms with Crippen molar-refractivity contribution in [3.63, 3.8) is 0 Å². The van der Waals surface area contributed by atoms with Crippen molar-refractivity contribution in [1.29, 1.82) is 0 Å². The lowest BCUT2D eigenvalue weighted by Crippen LogP contribution is -2.46. The summed E-state index contributed by atoms with van der Waals surface area (Å²) in [6.07, 6.45) is 7.20. The Balaban J connectivity index is 1.91. The summed E-state index contributed by atoms with van der Waals surface area (Å²) in [6.45, 7) is 17.5. The van der Waals surface area contributed by atoms with Crippen LogP contribution in [0.1, 0.15) is 104 Å². The van der Waals surface area contributed by atoms with Crippen molar-refractivity contribution in [3.8, 4) is 23.0 Å². The minimum absolute atomic E-state index is 0.0586. The lowest BCUT2D eigenvalue weighted by molar-refractivity contribution is -0.160. The zero-order valence-corrected chi connectivity index (χ0v) is 39.4. The minimum atomic E-state index is -2.04. The van der Waals surface area contributed by atoms with Crippen molar-refractivity contribution in [2.24, 2.45) is 23.7 Å². The number of hydrogen-bond donors (Lipinski definition) is 5. The van der Waals surface area contributed by atoms with Crippen LogP contribution in [-0.2, 0) is 28.6 Å². The number of nitrogens with one attached hydrogen (secondary N) is 1. The first-order valence-corrected chi connectivity index (χ1v) is 22.2. The van der Waals surface area contributed by atoms with E-state index in [9.17, 15) is 39.6 Å². The fourth-order valence-corrected chi connectivity index (χ4v) is 8.23. The largest absolute Gasteiger partial charge is 0.507 e. The van der Waals surface area contributed by atoms with E-state index in [4.69, 9.17) is 23.7 Å². The van der Waals surface area contributed by atoms with Gasteiger partial charge in [0.05, 0.1) is 41.2 Å². The van der Waals surface area contributed by atoms with Crippen molar-refractivity contribution in [2.75, 3.05) is 39.2 Å². The molecule has 9 atom stereocenters. The van der Waals surface area contributed by atoms with Crippen LogP contribution in [-0.4, -0.2) is 118 Å². The number of aromatic hydroxyl groups is 2. The van der Waals surface area contributed by atoms with Gasteiger partial charge in [0, 0.05) is 87.4 Å². The Kier molecular flexibility index (Phi) is 17.8. The Bertz CT molecular complexity index is 2110. The molecule has 3 aliphatic heterocycles. The van der Waals surface area contributed by atoms with Crippen molar-refractivity contribution in [1.82, 2.24) is 10.0 Å². The third-order valence-corrected chi connectivity index (χ3v) is 12.5. The van der Waals surface area contributed by atoms with Gasteiger partial charge in [0.15, 0.2) is 12.4 Å². The average molecular weight is 896 g/mol. The fraction of sp³-hybridized carbons (Fsp3) is 0.583. The topological polar surface area (TPSA) is 214 Å². The molecule has 9 unspecified atom stereocenters. The van der Waals surface area contributed by atoms with Gasteiger partial charge in [0.1, 0.15) is 23.4 Å². The SMILES string of the molecule is CCCCN(CCCC)N(C)C(=O)COc1cc2c(O)c3c(O)c(C)c4c(c13)C(=O)C(C)(O/C=C\C(OC)C(C)C(OC(C)=O)C(C)C(O)C(C)C(O)C(C)/C=C\C=C(\C)C(=O)N2)O4. The molecule has 0 fully saturated rings. The van der Waals surface area contributed by atoms with Crippen molar-refractivity contribution >= 4 is 40.0 Å². The molecule has 5 rings (SSSR count). The highest BCUT2D eigenvalue weighted by molar-refractivity contribution is 6.21. The van der Waals surface area contributed by atoms with Crippen molar-refractivity contribution in [2.45, 2.75) is 125 Å². The number of ketones is 1. The second-order valence-corrected chi connectivity index (χ2v) is 17.3. The molecule has 2 aromatic rings. The van der Waals surface area contributed by atoms with Crippen LogP contribution in [0.3, 0.4) is 0 Å². The first kappa shape index (κ1) is 51.5. The number of anilines is 1. The Hall–Kier alpha value is -5.16. The molecular formula is C48H69N3O13. The summed E-state index contributed by atoms with van der Waals surface area (Å²) < 4.78 is 30.0. The number of ether oxygens (including phenoxy) is 5. The highest BCUT2D eigenvalue weighted by Crippen LogP contribution is 2.54. The molecule has 0 spiro atoms. The van der Waals surface area contributed by atoms with Gasteiger partial charge >= 0.3 is 11.8 Å². The molecule has 2 aromatic carbocycles. The van der Waals surface area contributed by atoms with E-state index in [2.05, 4.69) is 19.2 Å². The zero-order valence-electron chi connectivity index (χ0n) is 39.4. The van der Waals surface area contributed by atoms with Crippen LogP contribution < -0.4 is 14.8 Å². The van der Waals surface area contributed by atoms with E-state index in [1.807, 2.05) is 5.01 Å². The molecule has 64 heavy (non-hydrogen) atoms. The molecule has 0 saturated carbocycles. The highest BCUT2D eigenvalue weighted by Gasteiger charge is 2.50. The van der Waals surface area contributed by atoms with Crippen LogP contribution in [0.15, 0.2) is 42.2 Å². The predicted octanol–water partition coefficient (Wildman–Crippen LogP) is 6.70.